The van der Waals surface area contributed by atoms with Gasteiger partial charge in [-0.1, -0.05) is 0 Å². The second-order valence-electron chi connectivity index (χ2n) is 4.57. The summed E-state index contributed by atoms with van der Waals surface area (Å²) in [6, 6.07) is -0.589. The molecule has 0 aromatic carbocycles. The van der Waals surface area contributed by atoms with Crippen molar-refractivity contribution in [3.8, 4) is 0 Å². The molecular formula is C12H12N6O3S. The zero-order chi connectivity index (χ0) is 15.5. The number of amides is 4. The summed E-state index contributed by atoms with van der Waals surface area (Å²) in [5, 5.41) is 7.74. The molecule has 4 amide bonds. The molecule has 1 N–H and O–H groups in total. The molecule has 114 valence electrons. The number of allylic oxidation sites excluding steroid dienone is 1. The van der Waals surface area contributed by atoms with Gasteiger partial charge in [0.15, 0.2) is 0 Å². The number of nitrogens with zero attached hydrogens (tertiary/aromatic N) is 5. The van der Waals surface area contributed by atoms with Crippen LogP contribution in [0.3, 0.4) is 0 Å². The van der Waals surface area contributed by atoms with Gasteiger partial charge in [-0.15, -0.1) is 11.8 Å². The molecule has 2 aliphatic rings. The first-order chi connectivity index (χ1) is 10.6. The normalized spacial score (nSPS) is 20.1. The predicted octanol–water partition coefficient (Wildman–Crippen LogP) is -0.573. The van der Waals surface area contributed by atoms with E-state index in [1.807, 2.05) is 0 Å². The van der Waals surface area contributed by atoms with E-state index in [1.165, 1.54) is 29.1 Å². The maximum atomic E-state index is 12.2. The van der Waals surface area contributed by atoms with Crippen LogP contribution >= 0.6 is 11.8 Å². The Hall–Kier alpha value is -2.49. The minimum absolute atomic E-state index is 0.0343. The molecule has 1 unspecified atom stereocenters. The van der Waals surface area contributed by atoms with Crippen LogP contribution in [-0.2, 0) is 16.1 Å². The van der Waals surface area contributed by atoms with E-state index in [2.05, 4.69) is 20.4 Å². The lowest BCUT2D eigenvalue weighted by molar-refractivity contribution is -0.127. The Kier molecular flexibility index (Phi) is 4.00. The van der Waals surface area contributed by atoms with E-state index in [0.717, 1.165) is 4.90 Å². The number of aromatic nitrogens is 3. The molecule has 1 aromatic heterocycles. The minimum atomic E-state index is -0.589. The third-order valence-corrected chi connectivity index (χ3v) is 4.11. The lowest BCUT2D eigenvalue weighted by Crippen LogP contribution is -2.49. The number of urea groups is 1. The molecular weight excluding hydrogens is 308 g/mol. The Morgan fingerprint density at radius 3 is 3.05 bits per heavy atom. The van der Waals surface area contributed by atoms with E-state index < -0.39 is 11.3 Å². The van der Waals surface area contributed by atoms with Crippen LogP contribution in [0.2, 0.25) is 0 Å². The first-order valence-electron chi connectivity index (χ1n) is 6.50. The van der Waals surface area contributed by atoms with Crippen molar-refractivity contribution >= 4 is 35.3 Å². The van der Waals surface area contributed by atoms with Crippen LogP contribution in [0, 0.1) is 0 Å². The lowest BCUT2D eigenvalue weighted by atomic mass is 10.2. The minimum Gasteiger partial charge on any atom is -0.353 e. The van der Waals surface area contributed by atoms with Gasteiger partial charge in [0.1, 0.15) is 24.4 Å². The molecule has 2 aliphatic heterocycles. The first kappa shape index (κ1) is 14.4. The highest BCUT2D eigenvalue weighted by atomic mass is 32.2. The average molecular weight is 320 g/mol. The van der Waals surface area contributed by atoms with Crippen LogP contribution in [0.1, 0.15) is 0 Å². The SMILES string of the molecule is O=C(Cn1cncn1)NCCN1C(=O)N=C2C=CSC2C1=O. The maximum Gasteiger partial charge on any atom is 0.350 e. The van der Waals surface area contributed by atoms with Crippen molar-refractivity contribution < 1.29 is 14.4 Å². The molecule has 22 heavy (non-hydrogen) atoms. The number of rotatable bonds is 5. The quantitative estimate of drug-likeness (QED) is 0.778. The van der Waals surface area contributed by atoms with E-state index in [1.54, 1.807) is 11.5 Å². The highest BCUT2D eigenvalue weighted by molar-refractivity contribution is 8.04. The number of carbonyl (C=O) groups is 3. The summed E-state index contributed by atoms with van der Waals surface area (Å²) in [6.07, 6.45) is 4.43. The molecule has 0 spiro atoms. The highest BCUT2D eigenvalue weighted by Crippen LogP contribution is 2.27. The monoisotopic (exact) mass is 320 g/mol. The van der Waals surface area contributed by atoms with Crippen molar-refractivity contribution in [2.24, 2.45) is 4.99 Å². The molecule has 1 aromatic rings. The molecule has 0 aliphatic carbocycles. The molecule has 0 saturated carbocycles. The Balaban J connectivity index is 1.50. The summed E-state index contributed by atoms with van der Waals surface area (Å²) < 4.78 is 1.38. The topological polar surface area (TPSA) is 110 Å². The Morgan fingerprint density at radius 1 is 1.41 bits per heavy atom. The molecule has 1 atom stereocenters. The predicted molar refractivity (Wildman–Crippen MR) is 78.1 cm³/mol. The summed E-state index contributed by atoms with van der Waals surface area (Å²) in [4.78, 5) is 44.3. The van der Waals surface area contributed by atoms with Crippen molar-refractivity contribution in [3.05, 3.63) is 24.1 Å². The fourth-order valence-corrected chi connectivity index (χ4v) is 2.95. The summed E-state index contributed by atoms with van der Waals surface area (Å²) in [7, 11) is 0. The van der Waals surface area contributed by atoms with Crippen LogP contribution in [0.25, 0.3) is 0 Å². The standard InChI is InChI=1S/C12H12N6O3S/c19-9(5-17-7-13-6-15-17)14-2-3-18-11(20)10-8(1-4-22-10)16-12(18)21/h1,4,6-7,10H,2-3,5H2,(H,14,19). The van der Waals surface area contributed by atoms with Crippen LogP contribution in [0.4, 0.5) is 4.79 Å². The number of hydrogen-bond acceptors (Lipinski definition) is 6. The van der Waals surface area contributed by atoms with Gasteiger partial charge in [-0.2, -0.15) is 10.1 Å². The van der Waals surface area contributed by atoms with E-state index in [-0.39, 0.29) is 31.4 Å². The van der Waals surface area contributed by atoms with E-state index in [0.29, 0.717) is 5.71 Å². The lowest BCUT2D eigenvalue weighted by Gasteiger charge is -2.25. The van der Waals surface area contributed by atoms with E-state index >= 15 is 0 Å². The second-order valence-corrected chi connectivity index (χ2v) is 5.59. The van der Waals surface area contributed by atoms with Gasteiger partial charge in [-0.25, -0.2) is 14.5 Å². The van der Waals surface area contributed by atoms with Crippen LogP contribution in [0.5, 0.6) is 0 Å². The molecule has 0 bridgehead atoms. The number of imide groups is 1. The number of aliphatic imine (C=N–C) groups is 1. The van der Waals surface area contributed by atoms with Crippen molar-refractivity contribution in [1.29, 1.82) is 0 Å². The summed E-state index contributed by atoms with van der Waals surface area (Å²) in [6.45, 7) is 0.294. The molecule has 9 nitrogen and oxygen atoms in total. The van der Waals surface area contributed by atoms with Gasteiger partial charge in [0.05, 0.1) is 5.71 Å². The first-order valence-corrected chi connectivity index (χ1v) is 7.44. The van der Waals surface area contributed by atoms with Gasteiger partial charge in [0.25, 0.3) is 0 Å². The Morgan fingerprint density at radius 2 is 2.27 bits per heavy atom. The summed E-state index contributed by atoms with van der Waals surface area (Å²) in [5.41, 5.74) is 0.492. The van der Waals surface area contributed by atoms with Gasteiger partial charge in [-0.05, 0) is 11.5 Å². The third-order valence-electron chi connectivity index (χ3n) is 3.10. The molecule has 10 heteroatoms. The van der Waals surface area contributed by atoms with E-state index in [9.17, 15) is 14.4 Å². The Labute approximate surface area is 129 Å². The maximum absolute atomic E-state index is 12.2. The van der Waals surface area contributed by atoms with Gasteiger partial charge in [0.2, 0.25) is 11.8 Å². The van der Waals surface area contributed by atoms with E-state index in [4.69, 9.17) is 0 Å². The zero-order valence-corrected chi connectivity index (χ0v) is 12.2. The molecule has 0 fully saturated rings. The average Bonchev–Trinajstić information content (AvgIpc) is 3.13. The molecule has 3 heterocycles. The zero-order valence-electron chi connectivity index (χ0n) is 11.4. The van der Waals surface area contributed by atoms with Gasteiger partial charge < -0.3 is 5.32 Å². The summed E-state index contributed by atoms with van der Waals surface area (Å²) >= 11 is 1.32. The van der Waals surface area contributed by atoms with Crippen molar-refractivity contribution in [1.82, 2.24) is 25.0 Å². The number of fused-ring (bicyclic) bond motifs is 1. The number of hydrogen-bond donors (Lipinski definition) is 1. The van der Waals surface area contributed by atoms with Crippen LogP contribution < -0.4 is 5.32 Å². The molecule has 0 radical (unpaired) electrons. The fraction of sp³-hybridized carbons (Fsp3) is 0.333. The number of carbonyl (C=O) groups excluding carboxylic acids is 3. The third kappa shape index (κ3) is 2.91. The van der Waals surface area contributed by atoms with Crippen molar-refractivity contribution in [2.45, 2.75) is 11.8 Å². The largest absolute Gasteiger partial charge is 0.353 e. The van der Waals surface area contributed by atoms with Crippen LogP contribution in [0.15, 0.2) is 29.1 Å². The fourth-order valence-electron chi connectivity index (χ4n) is 2.06. The van der Waals surface area contributed by atoms with Gasteiger partial charge in [0, 0.05) is 13.1 Å². The second kappa shape index (κ2) is 6.10. The van der Waals surface area contributed by atoms with Crippen LogP contribution in [-0.4, -0.2) is 61.6 Å². The van der Waals surface area contributed by atoms with Gasteiger partial charge >= 0.3 is 6.03 Å². The highest BCUT2D eigenvalue weighted by Gasteiger charge is 2.38. The molecule has 0 saturated heterocycles. The molecule has 3 rings (SSSR count). The number of nitrogens with one attached hydrogen (secondary N) is 1. The van der Waals surface area contributed by atoms with Crippen molar-refractivity contribution in [3.63, 3.8) is 0 Å². The Bertz CT molecular complexity index is 668. The summed E-state index contributed by atoms with van der Waals surface area (Å²) in [5.74, 6) is -0.570. The van der Waals surface area contributed by atoms with Crippen molar-refractivity contribution in [2.75, 3.05) is 13.1 Å². The number of thioether (sulfide) groups is 1. The smallest absolute Gasteiger partial charge is 0.350 e. The van der Waals surface area contributed by atoms with Gasteiger partial charge in [-0.3, -0.25) is 14.5 Å².